The number of alkyl carbamates (subject to hydrolysis) is 1. The lowest BCUT2D eigenvalue weighted by Crippen LogP contribution is -2.39. The number of rotatable bonds is 4. The molecule has 0 spiro atoms. The number of hydrogen-bond acceptors (Lipinski definition) is 4. The molecular weight excluding hydrogens is 220 g/mol. The van der Waals surface area contributed by atoms with E-state index >= 15 is 0 Å². The van der Waals surface area contributed by atoms with Gasteiger partial charge in [-0.15, -0.1) is 0 Å². The molecule has 5 nitrogen and oxygen atoms in total. The highest BCUT2D eigenvalue weighted by Crippen LogP contribution is 2.10. The van der Waals surface area contributed by atoms with Crippen LogP contribution < -0.4 is 10.6 Å². The van der Waals surface area contributed by atoms with Crippen LogP contribution in [0.4, 0.5) is 4.79 Å². The van der Waals surface area contributed by atoms with Crippen LogP contribution in [-0.4, -0.2) is 43.5 Å². The maximum atomic E-state index is 11.4. The van der Waals surface area contributed by atoms with Gasteiger partial charge in [-0.25, -0.2) is 4.79 Å². The van der Waals surface area contributed by atoms with Gasteiger partial charge < -0.3 is 20.1 Å². The minimum Gasteiger partial charge on any atom is -0.444 e. The summed E-state index contributed by atoms with van der Waals surface area (Å²) in [6.07, 6.45) is 0.841. The van der Waals surface area contributed by atoms with Crippen LogP contribution in [0.15, 0.2) is 0 Å². The Morgan fingerprint density at radius 1 is 1.47 bits per heavy atom. The summed E-state index contributed by atoms with van der Waals surface area (Å²) in [6.45, 7) is 9.72. The van der Waals surface area contributed by atoms with Crippen LogP contribution in [0.2, 0.25) is 0 Å². The van der Waals surface area contributed by atoms with Crippen LogP contribution in [-0.2, 0) is 9.47 Å². The van der Waals surface area contributed by atoms with Gasteiger partial charge in [0.2, 0.25) is 0 Å². The summed E-state index contributed by atoms with van der Waals surface area (Å²) >= 11 is 0. The summed E-state index contributed by atoms with van der Waals surface area (Å²) in [5, 5.41) is 6.08. The summed E-state index contributed by atoms with van der Waals surface area (Å²) < 4.78 is 10.7. The first-order valence-corrected chi connectivity index (χ1v) is 6.22. The van der Waals surface area contributed by atoms with Crippen LogP contribution in [0.5, 0.6) is 0 Å². The SMILES string of the molecule is CCO[C@H]1CN[C@H](CNC(=O)OC(C)(C)C)C1. The second kappa shape index (κ2) is 6.21. The van der Waals surface area contributed by atoms with Crippen molar-refractivity contribution in [1.29, 1.82) is 0 Å². The number of amides is 1. The van der Waals surface area contributed by atoms with E-state index in [4.69, 9.17) is 9.47 Å². The van der Waals surface area contributed by atoms with E-state index < -0.39 is 5.60 Å². The van der Waals surface area contributed by atoms with Gasteiger partial charge >= 0.3 is 6.09 Å². The standard InChI is InChI=1S/C12H24N2O3/c1-5-16-10-6-9(13-8-10)7-14-11(15)17-12(2,3)4/h9-10,13H,5-8H2,1-4H3,(H,14,15)/t9-,10+/m0/s1. The molecule has 0 bridgehead atoms. The van der Waals surface area contributed by atoms with Crippen molar-refractivity contribution in [1.82, 2.24) is 10.6 Å². The summed E-state index contributed by atoms with van der Waals surface area (Å²) in [4.78, 5) is 11.4. The number of carbonyl (C=O) groups is 1. The van der Waals surface area contributed by atoms with Gasteiger partial charge in [0.1, 0.15) is 5.60 Å². The van der Waals surface area contributed by atoms with Crippen LogP contribution in [0.1, 0.15) is 34.1 Å². The molecule has 1 aliphatic heterocycles. The number of hydrogen-bond donors (Lipinski definition) is 2. The molecule has 1 saturated heterocycles. The Kier molecular flexibility index (Phi) is 5.21. The van der Waals surface area contributed by atoms with Crippen LogP contribution in [0.3, 0.4) is 0 Å². The summed E-state index contributed by atoms with van der Waals surface area (Å²) in [7, 11) is 0. The van der Waals surface area contributed by atoms with Gasteiger partial charge in [0.05, 0.1) is 6.10 Å². The molecule has 1 fully saturated rings. The van der Waals surface area contributed by atoms with Gasteiger partial charge in [-0.05, 0) is 34.1 Å². The van der Waals surface area contributed by atoms with Crippen molar-refractivity contribution in [3.05, 3.63) is 0 Å². The number of nitrogens with one attached hydrogen (secondary N) is 2. The topological polar surface area (TPSA) is 59.6 Å². The molecule has 5 heteroatoms. The molecule has 1 aliphatic rings. The van der Waals surface area contributed by atoms with Crippen molar-refractivity contribution >= 4 is 6.09 Å². The van der Waals surface area contributed by atoms with Gasteiger partial charge in [-0.2, -0.15) is 0 Å². The molecule has 2 atom stereocenters. The first-order valence-electron chi connectivity index (χ1n) is 6.22. The third kappa shape index (κ3) is 5.89. The molecule has 0 radical (unpaired) electrons. The van der Waals surface area contributed by atoms with E-state index in [2.05, 4.69) is 10.6 Å². The summed E-state index contributed by atoms with van der Waals surface area (Å²) in [5.74, 6) is 0. The van der Waals surface area contributed by atoms with Crippen molar-refractivity contribution in [3.8, 4) is 0 Å². The van der Waals surface area contributed by atoms with Gasteiger partial charge in [0.15, 0.2) is 0 Å². The minimum atomic E-state index is -0.443. The van der Waals surface area contributed by atoms with E-state index in [1.54, 1.807) is 0 Å². The third-order valence-corrected chi connectivity index (χ3v) is 2.48. The Morgan fingerprint density at radius 2 is 2.18 bits per heavy atom. The lowest BCUT2D eigenvalue weighted by atomic mass is 10.2. The zero-order chi connectivity index (χ0) is 12.9. The lowest BCUT2D eigenvalue weighted by molar-refractivity contribution is 0.0518. The zero-order valence-electron chi connectivity index (χ0n) is 11.2. The molecule has 0 aliphatic carbocycles. The predicted molar refractivity (Wildman–Crippen MR) is 66.1 cm³/mol. The monoisotopic (exact) mass is 244 g/mol. The first kappa shape index (κ1) is 14.3. The highest BCUT2D eigenvalue weighted by molar-refractivity contribution is 5.67. The second-order valence-electron chi connectivity index (χ2n) is 5.30. The zero-order valence-corrected chi connectivity index (χ0v) is 11.2. The van der Waals surface area contributed by atoms with Crippen molar-refractivity contribution < 1.29 is 14.3 Å². The Hall–Kier alpha value is -0.810. The Balaban J connectivity index is 2.17. The molecule has 1 heterocycles. The van der Waals surface area contributed by atoms with Crippen LogP contribution in [0, 0.1) is 0 Å². The van der Waals surface area contributed by atoms with Crippen LogP contribution in [0.25, 0.3) is 0 Å². The lowest BCUT2D eigenvalue weighted by Gasteiger charge is -2.20. The molecule has 2 N–H and O–H groups in total. The largest absolute Gasteiger partial charge is 0.444 e. The average molecular weight is 244 g/mol. The Bertz CT molecular complexity index is 251. The quantitative estimate of drug-likeness (QED) is 0.782. The molecule has 0 aromatic rings. The van der Waals surface area contributed by atoms with Crippen molar-refractivity contribution in [2.45, 2.75) is 51.9 Å². The van der Waals surface area contributed by atoms with Crippen molar-refractivity contribution in [2.75, 3.05) is 19.7 Å². The predicted octanol–water partition coefficient (Wildman–Crippen LogP) is 1.28. The summed E-state index contributed by atoms with van der Waals surface area (Å²) in [5.41, 5.74) is -0.443. The van der Waals surface area contributed by atoms with E-state index in [9.17, 15) is 4.79 Å². The van der Waals surface area contributed by atoms with E-state index in [0.29, 0.717) is 6.54 Å². The normalized spacial score (nSPS) is 24.7. The van der Waals surface area contributed by atoms with E-state index in [0.717, 1.165) is 19.6 Å². The van der Waals surface area contributed by atoms with Crippen molar-refractivity contribution in [3.63, 3.8) is 0 Å². The second-order valence-corrected chi connectivity index (χ2v) is 5.30. The Labute approximate surface area is 103 Å². The molecular formula is C12H24N2O3. The van der Waals surface area contributed by atoms with Gasteiger partial charge in [0.25, 0.3) is 0 Å². The van der Waals surface area contributed by atoms with E-state index in [1.165, 1.54) is 0 Å². The first-order chi connectivity index (χ1) is 7.90. The highest BCUT2D eigenvalue weighted by Gasteiger charge is 2.25. The molecule has 100 valence electrons. The fourth-order valence-corrected chi connectivity index (χ4v) is 1.82. The molecule has 17 heavy (non-hydrogen) atoms. The molecule has 0 saturated carbocycles. The van der Waals surface area contributed by atoms with Crippen molar-refractivity contribution in [2.24, 2.45) is 0 Å². The van der Waals surface area contributed by atoms with Gasteiger partial charge in [-0.3, -0.25) is 0 Å². The molecule has 1 rings (SSSR count). The summed E-state index contributed by atoms with van der Waals surface area (Å²) in [6, 6.07) is 0.277. The fourth-order valence-electron chi connectivity index (χ4n) is 1.82. The van der Waals surface area contributed by atoms with E-state index in [1.807, 2.05) is 27.7 Å². The van der Waals surface area contributed by atoms with Gasteiger partial charge in [-0.1, -0.05) is 0 Å². The maximum absolute atomic E-state index is 11.4. The molecule has 0 unspecified atom stereocenters. The fraction of sp³-hybridized carbons (Fsp3) is 0.917. The molecule has 0 aromatic carbocycles. The minimum absolute atomic E-state index is 0.269. The van der Waals surface area contributed by atoms with Crippen LogP contribution >= 0.6 is 0 Å². The maximum Gasteiger partial charge on any atom is 0.407 e. The average Bonchev–Trinajstić information content (AvgIpc) is 2.61. The number of ether oxygens (including phenoxy) is 2. The smallest absolute Gasteiger partial charge is 0.407 e. The Morgan fingerprint density at radius 3 is 2.76 bits per heavy atom. The number of carbonyl (C=O) groups excluding carboxylic acids is 1. The van der Waals surface area contributed by atoms with E-state index in [-0.39, 0.29) is 18.2 Å². The van der Waals surface area contributed by atoms with Gasteiger partial charge in [0, 0.05) is 25.7 Å². The molecule has 0 aromatic heterocycles. The highest BCUT2D eigenvalue weighted by atomic mass is 16.6. The molecule has 1 amide bonds. The third-order valence-electron chi connectivity index (χ3n) is 2.48.